The van der Waals surface area contributed by atoms with E-state index in [4.69, 9.17) is 9.47 Å². The Morgan fingerprint density at radius 1 is 0.889 bits per heavy atom. The van der Waals surface area contributed by atoms with Crippen LogP contribution in [0.2, 0.25) is 0 Å². The molecule has 3 aromatic rings. The summed E-state index contributed by atoms with van der Waals surface area (Å²) in [5.41, 5.74) is 6.16. The molecule has 2 aromatic carbocycles. The molecule has 130 valence electrons. The highest BCUT2D eigenvalue weighted by molar-refractivity contribution is 6.14. The number of hydrogen-bond donors (Lipinski definition) is 0. The summed E-state index contributed by atoms with van der Waals surface area (Å²) in [4.78, 5) is 17.2. The maximum absolute atomic E-state index is 12.7. The van der Waals surface area contributed by atoms with Crippen molar-refractivity contribution in [3.8, 4) is 17.0 Å². The highest BCUT2D eigenvalue weighted by Gasteiger charge is 2.32. The zero-order valence-corrected chi connectivity index (χ0v) is 14.6. The van der Waals surface area contributed by atoms with Crippen molar-refractivity contribution < 1.29 is 14.3 Å². The first-order valence-electron chi connectivity index (χ1n) is 8.64. The first-order chi connectivity index (χ1) is 13.3. The largest absolute Gasteiger partial charge is 0.497 e. The van der Waals surface area contributed by atoms with E-state index < -0.39 is 0 Å². The quantitative estimate of drug-likeness (QED) is 0.394. The van der Waals surface area contributed by atoms with Crippen molar-refractivity contribution in [2.75, 3.05) is 7.11 Å². The fourth-order valence-electron chi connectivity index (χ4n) is 3.61. The van der Waals surface area contributed by atoms with Gasteiger partial charge in [0.15, 0.2) is 0 Å². The predicted molar refractivity (Wildman–Crippen MR) is 103 cm³/mol. The number of rotatable bonds is 2. The van der Waals surface area contributed by atoms with Crippen LogP contribution in [0.5, 0.6) is 5.75 Å². The standard InChI is InChI=1S/C23H15NO3/c1-26-15-10-8-14(9-11-15)20-13-19(23(25)27-20)21-16-5-2-3-6-17(16)22-18(21)7-4-12-24-22/h2-13H,1H3/b21-19-. The predicted octanol–water partition coefficient (Wildman–Crippen LogP) is 4.47. The zero-order valence-electron chi connectivity index (χ0n) is 14.6. The Morgan fingerprint density at radius 2 is 1.63 bits per heavy atom. The van der Waals surface area contributed by atoms with Crippen LogP contribution in [0.4, 0.5) is 0 Å². The van der Waals surface area contributed by atoms with Gasteiger partial charge < -0.3 is 9.47 Å². The Morgan fingerprint density at radius 3 is 2.41 bits per heavy atom. The summed E-state index contributed by atoms with van der Waals surface area (Å²) in [6, 6.07) is 19.3. The minimum absolute atomic E-state index is 0.345. The lowest BCUT2D eigenvalue weighted by Crippen LogP contribution is -2.00. The number of carbonyl (C=O) groups is 1. The van der Waals surface area contributed by atoms with Gasteiger partial charge in [0.25, 0.3) is 0 Å². The van der Waals surface area contributed by atoms with E-state index in [2.05, 4.69) is 4.98 Å². The fourth-order valence-corrected chi connectivity index (χ4v) is 3.61. The molecule has 2 heterocycles. The molecule has 0 radical (unpaired) electrons. The third kappa shape index (κ3) is 2.38. The summed E-state index contributed by atoms with van der Waals surface area (Å²) in [7, 11) is 1.62. The molecule has 4 heteroatoms. The Balaban J connectivity index is 1.69. The lowest BCUT2D eigenvalue weighted by molar-refractivity contribution is -0.130. The number of ether oxygens (including phenoxy) is 2. The first-order valence-corrected chi connectivity index (χ1v) is 8.64. The monoisotopic (exact) mass is 353 g/mol. The Labute approximate surface area is 156 Å². The van der Waals surface area contributed by atoms with Crippen LogP contribution < -0.4 is 4.74 Å². The summed E-state index contributed by atoms with van der Waals surface area (Å²) in [6.07, 6.45) is 3.59. The number of nitrogens with zero attached hydrogens (tertiary/aromatic N) is 1. The van der Waals surface area contributed by atoms with Crippen LogP contribution in [-0.2, 0) is 9.53 Å². The Bertz CT molecular complexity index is 1090. The molecule has 0 amide bonds. The summed E-state index contributed by atoms with van der Waals surface area (Å²) in [5, 5.41) is 0. The molecule has 1 aliphatic carbocycles. The van der Waals surface area contributed by atoms with Crippen LogP contribution in [-0.4, -0.2) is 18.1 Å². The van der Waals surface area contributed by atoms with Crippen molar-refractivity contribution in [2.45, 2.75) is 0 Å². The molecule has 5 rings (SSSR count). The molecule has 0 fully saturated rings. The zero-order chi connectivity index (χ0) is 18.4. The number of cyclic esters (lactones) is 1. The number of benzene rings is 2. The molecule has 0 bridgehead atoms. The molecule has 0 unspecified atom stereocenters. The lowest BCUT2D eigenvalue weighted by atomic mass is 9.98. The third-order valence-electron chi connectivity index (χ3n) is 4.87. The van der Waals surface area contributed by atoms with Gasteiger partial charge in [0.05, 0.1) is 18.4 Å². The second kappa shape index (κ2) is 5.95. The third-order valence-corrected chi connectivity index (χ3v) is 4.87. The maximum Gasteiger partial charge on any atom is 0.344 e. The average molecular weight is 353 g/mol. The molecule has 0 saturated heterocycles. The van der Waals surface area contributed by atoms with Crippen LogP contribution in [0.1, 0.15) is 16.7 Å². The normalized spacial score (nSPS) is 17.2. The smallest absolute Gasteiger partial charge is 0.344 e. The first kappa shape index (κ1) is 15.6. The van der Waals surface area contributed by atoms with E-state index in [-0.39, 0.29) is 5.97 Å². The molecule has 4 nitrogen and oxygen atoms in total. The Kier molecular flexibility index (Phi) is 3.44. The van der Waals surface area contributed by atoms with Crippen molar-refractivity contribution in [1.29, 1.82) is 0 Å². The molecule has 0 saturated carbocycles. The number of methoxy groups -OCH3 is 1. The van der Waals surface area contributed by atoms with Gasteiger partial charge in [-0.25, -0.2) is 4.79 Å². The van der Waals surface area contributed by atoms with E-state index in [1.54, 1.807) is 13.3 Å². The number of aromatic nitrogens is 1. The van der Waals surface area contributed by atoms with E-state index >= 15 is 0 Å². The van der Waals surface area contributed by atoms with Gasteiger partial charge in [0.1, 0.15) is 11.5 Å². The van der Waals surface area contributed by atoms with Crippen LogP contribution in [0.25, 0.3) is 22.6 Å². The minimum Gasteiger partial charge on any atom is -0.497 e. The number of hydrogen-bond acceptors (Lipinski definition) is 4. The van der Waals surface area contributed by atoms with Gasteiger partial charge in [-0.1, -0.05) is 30.3 Å². The van der Waals surface area contributed by atoms with E-state index in [9.17, 15) is 4.79 Å². The molecule has 1 aromatic heterocycles. The van der Waals surface area contributed by atoms with Crippen molar-refractivity contribution in [3.63, 3.8) is 0 Å². The van der Waals surface area contributed by atoms with Crippen molar-refractivity contribution in [2.24, 2.45) is 0 Å². The SMILES string of the molecule is COc1ccc(C2=C/C(=C3\c4ccccc4-c4ncccc43)C(=O)O2)cc1. The molecule has 1 aliphatic heterocycles. The minimum atomic E-state index is -0.345. The van der Waals surface area contributed by atoms with Crippen LogP contribution in [0, 0.1) is 0 Å². The number of pyridine rings is 1. The van der Waals surface area contributed by atoms with Gasteiger partial charge in [-0.2, -0.15) is 0 Å². The molecule has 0 spiro atoms. The van der Waals surface area contributed by atoms with Crippen LogP contribution >= 0.6 is 0 Å². The van der Waals surface area contributed by atoms with Crippen LogP contribution in [0.3, 0.4) is 0 Å². The van der Waals surface area contributed by atoms with Crippen molar-refractivity contribution in [3.05, 3.63) is 95.2 Å². The topological polar surface area (TPSA) is 48.4 Å². The van der Waals surface area contributed by atoms with Gasteiger partial charge in [0.2, 0.25) is 0 Å². The Hall–Kier alpha value is -3.66. The van der Waals surface area contributed by atoms with Gasteiger partial charge >= 0.3 is 5.97 Å². The second-order valence-corrected chi connectivity index (χ2v) is 6.36. The van der Waals surface area contributed by atoms with Crippen molar-refractivity contribution in [1.82, 2.24) is 4.98 Å². The number of fused-ring (bicyclic) bond motifs is 3. The number of esters is 1. The van der Waals surface area contributed by atoms with E-state index in [0.29, 0.717) is 11.3 Å². The summed E-state index contributed by atoms with van der Waals surface area (Å²) < 4.78 is 10.8. The molecule has 27 heavy (non-hydrogen) atoms. The van der Waals surface area contributed by atoms with Gasteiger partial charge in [0, 0.05) is 28.5 Å². The maximum atomic E-state index is 12.7. The van der Waals surface area contributed by atoms with Crippen molar-refractivity contribution >= 4 is 17.3 Å². The lowest BCUT2D eigenvalue weighted by Gasteiger charge is -2.04. The van der Waals surface area contributed by atoms with E-state index in [1.165, 1.54) is 0 Å². The molecular weight excluding hydrogens is 338 g/mol. The highest BCUT2D eigenvalue weighted by Crippen LogP contribution is 2.46. The number of carbonyl (C=O) groups excluding carboxylic acids is 1. The van der Waals surface area contributed by atoms with E-state index in [1.807, 2.05) is 66.7 Å². The van der Waals surface area contributed by atoms with Gasteiger partial charge in [-0.05, 0) is 42.0 Å². The second-order valence-electron chi connectivity index (χ2n) is 6.36. The van der Waals surface area contributed by atoms with Gasteiger partial charge in [-0.15, -0.1) is 0 Å². The average Bonchev–Trinajstić information content (AvgIpc) is 3.26. The molecular formula is C23H15NO3. The molecule has 0 atom stereocenters. The van der Waals surface area contributed by atoms with Crippen LogP contribution in [0.15, 0.2) is 78.5 Å². The summed E-state index contributed by atoms with van der Waals surface area (Å²) >= 11 is 0. The van der Waals surface area contributed by atoms with Gasteiger partial charge in [-0.3, -0.25) is 4.98 Å². The van der Waals surface area contributed by atoms with E-state index in [0.717, 1.165) is 39.3 Å². The summed E-state index contributed by atoms with van der Waals surface area (Å²) in [5.74, 6) is 0.953. The highest BCUT2D eigenvalue weighted by atomic mass is 16.5. The summed E-state index contributed by atoms with van der Waals surface area (Å²) in [6.45, 7) is 0. The molecule has 0 N–H and O–H groups in total. The molecule has 2 aliphatic rings. The fraction of sp³-hybridized carbons (Fsp3) is 0.0435.